The van der Waals surface area contributed by atoms with Crippen LogP contribution < -0.4 is 0 Å². The largest absolute Gasteiger partial charge is 0.304 e. The first-order chi connectivity index (χ1) is 14.6. The van der Waals surface area contributed by atoms with Crippen LogP contribution in [0, 0.1) is 18.8 Å². The second-order valence-electron chi connectivity index (χ2n) is 6.47. The van der Waals surface area contributed by atoms with Crippen molar-refractivity contribution in [1.29, 1.82) is 0 Å². The van der Waals surface area contributed by atoms with E-state index in [0.29, 0.717) is 21.2 Å². The average molecular weight is 480 g/mol. The molecule has 0 bridgehead atoms. The van der Waals surface area contributed by atoms with Crippen LogP contribution in [0.2, 0.25) is 5.02 Å². The highest BCUT2D eigenvalue weighted by molar-refractivity contribution is 7.88. The maximum atomic E-state index is 13.7. The summed E-state index contributed by atoms with van der Waals surface area (Å²) >= 11 is 6.83. The summed E-state index contributed by atoms with van der Waals surface area (Å²) in [5.74, 6) is 5.42. The molecule has 0 unspecified atom stereocenters. The fourth-order valence-electron chi connectivity index (χ4n) is 2.82. The minimum atomic E-state index is -4.31. The number of aryl methyl sites for hydroxylation is 1. The molecule has 0 amide bonds. The molecule has 0 aliphatic carbocycles. The van der Waals surface area contributed by atoms with E-state index in [4.69, 9.17) is 16.2 Å². The fourth-order valence-corrected chi connectivity index (χ4v) is 4.46. The first-order valence-corrected chi connectivity index (χ1v) is 11.3. The molecule has 0 saturated carbocycles. The zero-order valence-electron chi connectivity index (χ0n) is 15.7. The highest BCUT2D eigenvalue weighted by Crippen LogP contribution is 2.28. The Kier molecular flexibility index (Phi) is 5.53. The van der Waals surface area contributed by atoms with Crippen molar-refractivity contribution in [3.8, 4) is 23.1 Å². The maximum Gasteiger partial charge on any atom is 0.304 e. The number of hydrogen-bond acceptors (Lipinski definition) is 5. The Morgan fingerprint density at radius 2 is 1.94 bits per heavy atom. The van der Waals surface area contributed by atoms with Crippen LogP contribution in [0.3, 0.4) is 0 Å². The molecule has 0 aliphatic rings. The molecule has 0 radical (unpaired) electrons. The lowest BCUT2D eigenvalue weighted by Crippen LogP contribution is -2.02. The van der Waals surface area contributed by atoms with E-state index < -0.39 is 16.5 Å². The van der Waals surface area contributed by atoms with Crippen LogP contribution in [0.15, 0.2) is 46.7 Å². The molecule has 3 heterocycles. The Hall–Kier alpha value is -2.84. The van der Waals surface area contributed by atoms with Gasteiger partial charge in [0.05, 0.1) is 10.6 Å². The fraction of sp³-hybridized carbons (Fsp3) is 0.100. The van der Waals surface area contributed by atoms with Gasteiger partial charge in [0.15, 0.2) is 5.65 Å². The second-order valence-corrected chi connectivity index (χ2v) is 9.61. The number of fused-ring (bicyclic) bond motifs is 1. The number of alkyl halides is 2. The van der Waals surface area contributed by atoms with Crippen LogP contribution in [0.1, 0.15) is 28.3 Å². The number of aromatic nitrogens is 3. The summed E-state index contributed by atoms with van der Waals surface area (Å²) in [6.07, 6.45) is -2.80. The summed E-state index contributed by atoms with van der Waals surface area (Å²) in [5, 5.41) is 4.65. The van der Waals surface area contributed by atoms with Crippen molar-refractivity contribution in [2.24, 2.45) is 0 Å². The van der Waals surface area contributed by atoms with Crippen LogP contribution in [0.4, 0.5) is 8.78 Å². The van der Waals surface area contributed by atoms with Gasteiger partial charge in [-0.05, 0) is 54.7 Å². The molecule has 158 valence electrons. The van der Waals surface area contributed by atoms with Crippen molar-refractivity contribution in [3.05, 3.63) is 69.3 Å². The molecule has 31 heavy (non-hydrogen) atoms. The molecule has 0 spiro atoms. The number of halogens is 3. The molecule has 1 aromatic carbocycles. The van der Waals surface area contributed by atoms with E-state index in [0.717, 1.165) is 21.4 Å². The molecule has 0 saturated heterocycles. The maximum absolute atomic E-state index is 13.7. The normalized spacial score (nSPS) is 11.7. The minimum Gasteiger partial charge on any atom is -0.281 e. The van der Waals surface area contributed by atoms with Gasteiger partial charge in [-0.15, -0.1) is 11.3 Å². The van der Waals surface area contributed by atoms with E-state index in [1.807, 2.05) is 6.92 Å². The first kappa shape index (κ1) is 21.4. The zero-order chi connectivity index (χ0) is 22.3. The quantitative estimate of drug-likeness (QED) is 0.330. The smallest absolute Gasteiger partial charge is 0.281 e. The lowest BCUT2D eigenvalue weighted by molar-refractivity contribution is 0.143. The molecule has 11 heteroatoms. The van der Waals surface area contributed by atoms with Gasteiger partial charge in [0.25, 0.3) is 6.43 Å². The van der Waals surface area contributed by atoms with E-state index in [9.17, 15) is 17.2 Å². The summed E-state index contributed by atoms with van der Waals surface area (Å²) in [4.78, 5) is 4.78. The first-order valence-electron chi connectivity index (χ1n) is 8.66. The number of hydrogen-bond donors (Lipinski definition) is 1. The number of benzene rings is 1. The Labute approximate surface area is 184 Å². The third kappa shape index (κ3) is 4.45. The molecule has 4 rings (SSSR count). The second kappa shape index (κ2) is 8.01. The number of rotatable bonds is 3. The highest BCUT2D eigenvalue weighted by Gasteiger charge is 2.18. The topological polar surface area (TPSA) is 84.6 Å². The van der Waals surface area contributed by atoms with Gasteiger partial charge in [-0.1, -0.05) is 17.7 Å². The Morgan fingerprint density at radius 3 is 2.58 bits per heavy atom. The molecule has 4 aromatic rings. The molecule has 1 N–H and O–H groups in total. The summed E-state index contributed by atoms with van der Waals surface area (Å²) in [6, 6.07) is 10.5. The molecular formula is C20H12ClF2N3O3S2. The number of nitrogens with zero attached hydrogens (tertiary/aromatic N) is 3. The summed E-state index contributed by atoms with van der Waals surface area (Å²) in [7, 11) is -4.31. The minimum absolute atomic E-state index is 0.181. The van der Waals surface area contributed by atoms with E-state index in [2.05, 4.69) is 21.9 Å². The van der Waals surface area contributed by atoms with E-state index in [1.54, 1.807) is 18.2 Å². The molecule has 0 fully saturated rings. The van der Waals surface area contributed by atoms with Gasteiger partial charge in [-0.3, -0.25) is 4.55 Å². The summed E-state index contributed by atoms with van der Waals surface area (Å²) in [5.41, 5.74) is 1.80. The van der Waals surface area contributed by atoms with Gasteiger partial charge in [-0.2, -0.15) is 13.5 Å². The summed E-state index contributed by atoms with van der Waals surface area (Å²) < 4.78 is 59.5. The molecule has 3 aromatic heterocycles. The van der Waals surface area contributed by atoms with Crippen molar-refractivity contribution in [3.63, 3.8) is 0 Å². The van der Waals surface area contributed by atoms with Gasteiger partial charge in [0.1, 0.15) is 15.6 Å². The lowest BCUT2D eigenvalue weighted by Gasteiger charge is -2.08. The Morgan fingerprint density at radius 1 is 1.16 bits per heavy atom. The van der Waals surface area contributed by atoms with E-state index in [-0.39, 0.29) is 21.2 Å². The SMILES string of the molecule is Cc1cc(-c2cc(C(F)F)n3nc(C#Cc4ccc(S(=O)(=O)O)s4)cc3n2)ccc1Cl. The molecule has 6 nitrogen and oxygen atoms in total. The zero-order valence-corrected chi connectivity index (χ0v) is 18.1. The summed E-state index contributed by atoms with van der Waals surface area (Å²) in [6.45, 7) is 1.81. The molecule has 0 aliphatic heterocycles. The third-order valence-electron chi connectivity index (χ3n) is 4.28. The highest BCUT2D eigenvalue weighted by atomic mass is 35.5. The lowest BCUT2D eigenvalue weighted by atomic mass is 10.1. The van der Waals surface area contributed by atoms with Gasteiger partial charge < -0.3 is 0 Å². The molecule has 0 atom stereocenters. The van der Waals surface area contributed by atoms with Crippen molar-refractivity contribution >= 4 is 38.7 Å². The van der Waals surface area contributed by atoms with Crippen LogP contribution >= 0.6 is 22.9 Å². The van der Waals surface area contributed by atoms with Gasteiger partial charge in [0, 0.05) is 16.7 Å². The average Bonchev–Trinajstić information content (AvgIpc) is 3.33. The standard InChI is InChI=1S/C20H12ClF2N3O3S2/c1-11-8-12(2-6-15(11)21)16-10-17(20(22)23)26-18(24-16)9-13(25-26)3-4-14-5-7-19(30-14)31(27,28)29/h2,5-10,20H,1H3,(H,27,28,29). The van der Waals surface area contributed by atoms with Crippen LogP contribution in [-0.2, 0) is 10.1 Å². The monoisotopic (exact) mass is 479 g/mol. The van der Waals surface area contributed by atoms with Crippen molar-refractivity contribution in [2.75, 3.05) is 0 Å². The van der Waals surface area contributed by atoms with Crippen molar-refractivity contribution in [2.45, 2.75) is 17.6 Å². The number of thiophene rings is 1. The van der Waals surface area contributed by atoms with Gasteiger partial charge in [-0.25, -0.2) is 18.3 Å². The predicted octanol–water partition coefficient (Wildman–Crippen LogP) is 5.00. The van der Waals surface area contributed by atoms with E-state index >= 15 is 0 Å². The van der Waals surface area contributed by atoms with Crippen molar-refractivity contribution < 1.29 is 21.8 Å². The van der Waals surface area contributed by atoms with Crippen LogP contribution in [0.25, 0.3) is 16.9 Å². The van der Waals surface area contributed by atoms with Gasteiger partial charge in [0.2, 0.25) is 0 Å². The van der Waals surface area contributed by atoms with E-state index in [1.165, 1.54) is 24.3 Å². The third-order valence-corrected chi connectivity index (χ3v) is 7.03. The van der Waals surface area contributed by atoms with Crippen LogP contribution in [0.5, 0.6) is 0 Å². The Balaban J connectivity index is 1.77. The predicted molar refractivity (Wildman–Crippen MR) is 113 cm³/mol. The Bertz CT molecular complexity index is 1480. The van der Waals surface area contributed by atoms with Crippen molar-refractivity contribution in [1.82, 2.24) is 14.6 Å². The molecular weight excluding hydrogens is 468 g/mol. The van der Waals surface area contributed by atoms with Gasteiger partial charge >= 0.3 is 10.1 Å². The van der Waals surface area contributed by atoms with Crippen LogP contribution in [-0.4, -0.2) is 27.6 Å².